The van der Waals surface area contributed by atoms with Crippen LogP contribution in [0.25, 0.3) is 44.6 Å². The molecular formula is C31H18F5N. The maximum absolute atomic E-state index is 16.3. The molecular weight excluding hydrogens is 481 g/mol. The number of alkyl halides is 5. The molecule has 0 saturated carbocycles. The highest BCUT2D eigenvalue weighted by molar-refractivity contribution is 5.92. The summed E-state index contributed by atoms with van der Waals surface area (Å²) in [5, 5.41) is 0. The lowest BCUT2D eigenvalue weighted by Gasteiger charge is -2.22. The molecule has 0 amide bonds. The molecule has 1 aliphatic carbocycles. The van der Waals surface area contributed by atoms with Gasteiger partial charge in [0, 0.05) is 28.5 Å². The van der Waals surface area contributed by atoms with Crippen molar-refractivity contribution in [2.75, 3.05) is 0 Å². The highest BCUT2D eigenvalue weighted by atomic mass is 19.4. The van der Waals surface area contributed by atoms with Crippen LogP contribution in [-0.2, 0) is 12.1 Å². The Morgan fingerprint density at radius 2 is 1.16 bits per heavy atom. The summed E-state index contributed by atoms with van der Waals surface area (Å²) in [6.45, 7) is 0. The molecule has 0 atom stereocenters. The van der Waals surface area contributed by atoms with Crippen molar-refractivity contribution in [2.24, 2.45) is 0 Å². The van der Waals surface area contributed by atoms with Crippen LogP contribution in [0.4, 0.5) is 22.0 Å². The van der Waals surface area contributed by atoms with Gasteiger partial charge in [-0.1, -0.05) is 84.9 Å². The van der Waals surface area contributed by atoms with Gasteiger partial charge in [-0.2, -0.15) is 22.0 Å². The minimum atomic E-state index is -4.82. The first kappa shape index (κ1) is 23.1. The third-order valence-corrected chi connectivity index (χ3v) is 6.71. The Morgan fingerprint density at radius 1 is 0.541 bits per heavy atom. The van der Waals surface area contributed by atoms with Gasteiger partial charge in [-0.05, 0) is 46.0 Å². The lowest BCUT2D eigenvalue weighted by molar-refractivity contribution is -0.137. The Balaban J connectivity index is 1.60. The van der Waals surface area contributed by atoms with Crippen LogP contribution < -0.4 is 0 Å². The smallest absolute Gasteiger partial charge is 0.256 e. The maximum atomic E-state index is 16.3. The summed E-state index contributed by atoms with van der Waals surface area (Å²) in [6.07, 6.45) is -3.33. The molecule has 0 bridgehead atoms. The van der Waals surface area contributed by atoms with Crippen molar-refractivity contribution >= 4 is 0 Å². The largest absolute Gasteiger partial charge is 0.417 e. The van der Waals surface area contributed by atoms with E-state index < -0.39 is 28.8 Å². The molecule has 6 rings (SSSR count). The maximum Gasteiger partial charge on any atom is 0.417 e. The van der Waals surface area contributed by atoms with Crippen molar-refractivity contribution in [1.82, 2.24) is 4.98 Å². The monoisotopic (exact) mass is 499 g/mol. The second-order valence-corrected chi connectivity index (χ2v) is 8.87. The summed E-state index contributed by atoms with van der Waals surface area (Å²) >= 11 is 0. The van der Waals surface area contributed by atoms with Crippen LogP contribution in [0.3, 0.4) is 0 Å². The van der Waals surface area contributed by atoms with Crippen LogP contribution >= 0.6 is 0 Å². The van der Waals surface area contributed by atoms with Crippen molar-refractivity contribution in [3.8, 4) is 44.6 Å². The van der Waals surface area contributed by atoms with E-state index in [1.807, 2.05) is 30.3 Å². The fourth-order valence-electron chi connectivity index (χ4n) is 5.12. The fourth-order valence-corrected chi connectivity index (χ4v) is 5.12. The first-order valence-corrected chi connectivity index (χ1v) is 11.6. The molecule has 4 aromatic carbocycles. The number of hydrogen-bond donors (Lipinski definition) is 0. The van der Waals surface area contributed by atoms with Crippen LogP contribution in [0.5, 0.6) is 0 Å². The molecule has 1 heterocycles. The van der Waals surface area contributed by atoms with E-state index in [0.717, 1.165) is 23.3 Å². The van der Waals surface area contributed by atoms with E-state index in [1.165, 1.54) is 30.5 Å². The molecule has 0 fully saturated rings. The average Bonchev–Trinajstić information content (AvgIpc) is 3.16. The Bertz CT molecular complexity index is 1610. The van der Waals surface area contributed by atoms with Crippen molar-refractivity contribution in [2.45, 2.75) is 12.1 Å². The van der Waals surface area contributed by atoms with E-state index in [-0.39, 0.29) is 27.8 Å². The zero-order chi connectivity index (χ0) is 25.8. The van der Waals surface area contributed by atoms with Gasteiger partial charge in [0.25, 0.3) is 0 Å². The molecule has 1 aromatic heterocycles. The minimum absolute atomic E-state index is 0.0794. The highest BCUT2D eigenvalue weighted by Gasteiger charge is 2.50. The van der Waals surface area contributed by atoms with Crippen LogP contribution in [0.1, 0.15) is 16.7 Å². The van der Waals surface area contributed by atoms with Gasteiger partial charge in [-0.15, -0.1) is 0 Å². The van der Waals surface area contributed by atoms with Crippen molar-refractivity contribution in [3.05, 3.63) is 126 Å². The zero-order valence-electron chi connectivity index (χ0n) is 19.2. The summed E-state index contributed by atoms with van der Waals surface area (Å²) in [5.41, 5.74) is -0.00153. The predicted octanol–water partition coefficient (Wildman–Crippen LogP) is 9.22. The number of nitrogens with zero attached hydrogens (tertiary/aromatic N) is 1. The van der Waals surface area contributed by atoms with E-state index in [9.17, 15) is 13.2 Å². The molecule has 0 aliphatic heterocycles. The van der Waals surface area contributed by atoms with Crippen molar-refractivity contribution in [1.29, 1.82) is 0 Å². The lowest BCUT2D eigenvalue weighted by atomic mass is 9.88. The van der Waals surface area contributed by atoms with Crippen LogP contribution in [0, 0.1) is 0 Å². The van der Waals surface area contributed by atoms with E-state index in [0.29, 0.717) is 5.69 Å². The Morgan fingerprint density at radius 3 is 1.84 bits per heavy atom. The molecule has 0 radical (unpaired) electrons. The fraction of sp³-hybridized carbons (Fsp3) is 0.0645. The Kier molecular flexibility index (Phi) is 5.23. The standard InChI is InChI=1S/C31H18F5N/c32-30(33)28-22(9-6-10-24(28)26-11-4-5-18-37-26)23-16-17-25(31(34,35)36)27(29(23)30)21-14-12-20(13-15-21)19-7-2-1-3-8-19/h1-18H. The van der Waals surface area contributed by atoms with E-state index in [2.05, 4.69) is 4.98 Å². The number of aromatic nitrogens is 1. The number of hydrogen-bond acceptors (Lipinski definition) is 1. The first-order valence-electron chi connectivity index (χ1n) is 11.6. The predicted molar refractivity (Wildman–Crippen MR) is 134 cm³/mol. The number of fused-ring (bicyclic) bond motifs is 3. The van der Waals surface area contributed by atoms with Crippen molar-refractivity contribution in [3.63, 3.8) is 0 Å². The molecule has 5 aromatic rings. The molecule has 0 saturated heterocycles. The summed E-state index contributed by atoms with van der Waals surface area (Å²) in [4.78, 5) is 4.22. The summed E-state index contributed by atoms with van der Waals surface area (Å²) in [6, 6.07) is 27.3. The normalized spacial score (nSPS) is 13.8. The third kappa shape index (κ3) is 3.71. The van der Waals surface area contributed by atoms with E-state index in [4.69, 9.17) is 0 Å². The summed E-state index contributed by atoms with van der Waals surface area (Å²) in [5.74, 6) is -3.67. The quantitative estimate of drug-likeness (QED) is 0.226. The molecule has 0 spiro atoms. The van der Waals surface area contributed by atoms with E-state index in [1.54, 1.807) is 36.4 Å². The van der Waals surface area contributed by atoms with Gasteiger partial charge < -0.3 is 0 Å². The second-order valence-electron chi connectivity index (χ2n) is 8.87. The average molecular weight is 499 g/mol. The zero-order valence-corrected chi connectivity index (χ0v) is 19.2. The minimum Gasteiger partial charge on any atom is -0.256 e. The molecule has 0 N–H and O–H groups in total. The lowest BCUT2D eigenvalue weighted by Crippen LogP contribution is -2.17. The molecule has 0 unspecified atom stereocenters. The van der Waals surface area contributed by atoms with E-state index >= 15 is 8.78 Å². The molecule has 6 heteroatoms. The molecule has 1 nitrogen and oxygen atoms in total. The van der Waals surface area contributed by atoms with Gasteiger partial charge >= 0.3 is 12.1 Å². The topological polar surface area (TPSA) is 12.9 Å². The number of benzene rings is 4. The first-order chi connectivity index (χ1) is 17.8. The van der Waals surface area contributed by atoms with Gasteiger partial charge in [0.05, 0.1) is 11.3 Å². The Hall–Kier alpha value is -4.32. The third-order valence-electron chi connectivity index (χ3n) is 6.71. The summed E-state index contributed by atoms with van der Waals surface area (Å²) < 4.78 is 75.3. The number of halogens is 5. The number of rotatable bonds is 3. The van der Waals surface area contributed by atoms with Gasteiger partial charge in [0.15, 0.2) is 0 Å². The molecule has 182 valence electrons. The highest BCUT2D eigenvalue weighted by Crippen LogP contribution is 2.58. The number of pyridine rings is 1. The second kappa shape index (κ2) is 8.37. The molecule has 37 heavy (non-hydrogen) atoms. The van der Waals surface area contributed by atoms with Gasteiger partial charge in [-0.25, -0.2) is 0 Å². The van der Waals surface area contributed by atoms with Crippen molar-refractivity contribution < 1.29 is 22.0 Å². The van der Waals surface area contributed by atoms with Gasteiger partial charge in [0.1, 0.15) is 0 Å². The van der Waals surface area contributed by atoms with Crippen LogP contribution in [0.2, 0.25) is 0 Å². The van der Waals surface area contributed by atoms with Crippen LogP contribution in [-0.4, -0.2) is 4.98 Å². The van der Waals surface area contributed by atoms with Gasteiger partial charge in [-0.3, -0.25) is 4.98 Å². The molecule has 1 aliphatic rings. The Labute approximate surface area is 209 Å². The summed E-state index contributed by atoms with van der Waals surface area (Å²) in [7, 11) is 0. The SMILES string of the molecule is FC(F)(F)c1ccc2c(c1-c1ccc(-c3ccccc3)cc1)C(F)(F)c1c(-c3ccccn3)cccc1-2. The van der Waals surface area contributed by atoms with Gasteiger partial charge in [0.2, 0.25) is 0 Å². The van der Waals surface area contributed by atoms with Crippen LogP contribution in [0.15, 0.2) is 109 Å².